The van der Waals surface area contributed by atoms with Gasteiger partial charge in [-0.2, -0.15) is 0 Å². The summed E-state index contributed by atoms with van der Waals surface area (Å²) in [5.41, 5.74) is 3.35. The molecular weight excluding hydrogens is 200 g/mol. The van der Waals surface area contributed by atoms with Crippen molar-refractivity contribution in [2.24, 2.45) is 0 Å². The monoisotopic (exact) mass is 218 g/mol. The van der Waals surface area contributed by atoms with Gasteiger partial charge in [0, 0.05) is 6.08 Å². The first kappa shape index (κ1) is 12.5. The number of aryl methyl sites for hydroxylation is 1. The van der Waals surface area contributed by atoms with E-state index < -0.39 is 5.97 Å². The molecule has 1 N–H and O–H groups in total. The Kier molecular flexibility index (Phi) is 3.53. The highest BCUT2D eigenvalue weighted by Crippen LogP contribution is 2.24. The minimum atomic E-state index is -0.916. The first-order valence-electron chi connectivity index (χ1n) is 5.33. The average Bonchev–Trinajstić information content (AvgIpc) is 2.14. The second kappa shape index (κ2) is 4.52. The lowest BCUT2D eigenvalue weighted by Crippen LogP contribution is -2.11. The molecule has 0 aliphatic heterocycles. The van der Waals surface area contributed by atoms with Crippen molar-refractivity contribution in [2.45, 2.75) is 33.1 Å². The Labute approximate surface area is 96.6 Å². The first-order chi connectivity index (χ1) is 7.30. The van der Waals surface area contributed by atoms with Gasteiger partial charge in [0.25, 0.3) is 0 Å². The second-order valence-corrected chi connectivity index (χ2v) is 4.99. The van der Waals surface area contributed by atoms with E-state index in [4.69, 9.17) is 5.11 Å². The smallest absolute Gasteiger partial charge is 0.328 e. The molecule has 0 heterocycles. The van der Waals surface area contributed by atoms with E-state index in [0.717, 1.165) is 11.1 Å². The topological polar surface area (TPSA) is 37.3 Å². The number of carboxylic acids is 1. The molecule has 0 bridgehead atoms. The van der Waals surface area contributed by atoms with Crippen LogP contribution >= 0.6 is 0 Å². The highest BCUT2D eigenvalue weighted by atomic mass is 16.4. The summed E-state index contributed by atoms with van der Waals surface area (Å²) in [6, 6.07) is 6.17. The van der Waals surface area contributed by atoms with Crippen LogP contribution in [0.25, 0.3) is 6.08 Å². The molecule has 0 amide bonds. The largest absolute Gasteiger partial charge is 0.478 e. The summed E-state index contributed by atoms with van der Waals surface area (Å²) in [5, 5.41) is 8.61. The fourth-order valence-electron chi connectivity index (χ4n) is 1.45. The van der Waals surface area contributed by atoms with Crippen molar-refractivity contribution < 1.29 is 9.90 Å². The van der Waals surface area contributed by atoms with Crippen LogP contribution in [0.1, 0.15) is 37.5 Å². The zero-order valence-electron chi connectivity index (χ0n) is 10.2. The fourth-order valence-corrected chi connectivity index (χ4v) is 1.45. The molecule has 0 fully saturated rings. The SMILES string of the molecule is Cc1ccc(C(C)(C)C)cc1/C=C/C(=O)O. The van der Waals surface area contributed by atoms with E-state index in [1.807, 2.05) is 13.0 Å². The average molecular weight is 218 g/mol. The van der Waals surface area contributed by atoms with Crippen LogP contribution < -0.4 is 0 Å². The van der Waals surface area contributed by atoms with Crippen LogP contribution in [-0.2, 0) is 10.2 Å². The van der Waals surface area contributed by atoms with E-state index in [-0.39, 0.29) is 5.41 Å². The van der Waals surface area contributed by atoms with Crippen molar-refractivity contribution in [1.29, 1.82) is 0 Å². The van der Waals surface area contributed by atoms with Crippen molar-refractivity contribution in [1.82, 2.24) is 0 Å². The number of rotatable bonds is 2. The standard InChI is InChI=1S/C14H18O2/c1-10-5-7-12(14(2,3)4)9-11(10)6-8-13(15)16/h5-9H,1-4H3,(H,15,16)/b8-6+. The van der Waals surface area contributed by atoms with Crippen molar-refractivity contribution >= 4 is 12.0 Å². The number of aliphatic carboxylic acids is 1. The Hall–Kier alpha value is -1.57. The van der Waals surface area contributed by atoms with Crippen molar-refractivity contribution in [3.63, 3.8) is 0 Å². The molecule has 0 aliphatic carbocycles. The normalized spacial score (nSPS) is 12.0. The lowest BCUT2D eigenvalue weighted by atomic mass is 9.85. The maximum atomic E-state index is 10.5. The van der Waals surface area contributed by atoms with Gasteiger partial charge < -0.3 is 5.11 Å². The lowest BCUT2D eigenvalue weighted by Gasteiger charge is -2.20. The van der Waals surface area contributed by atoms with Crippen LogP contribution in [0, 0.1) is 6.92 Å². The molecule has 2 heteroatoms. The number of benzene rings is 1. The predicted molar refractivity (Wildman–Crippen MR) is 66.5 cm³/mol. The first-order valence-corrected chi connectivity index (χ1v) is 5.33. The van der Waals surface area contributed by atoms with Crippen LogP contribution in [0.15, 0.2) is 24.3 Å². The maximum Gasteiger partial charge on any atom is 0.328 e. The summed E-state index contributed by atoms with van der Waals surface area (Å²) in [7, 11) is 0. The Morgan fingerprint density at radius 3 is 2.44 bits per heavy atom. The molecule has 16 heavy (non-hydrogen) atoms. The molecule has 86 valence electrons. The second-order valence-electron chi connectivity index (χ2n) is 4.99. The summed E-state index contributed by atoms with van der Waals surface area (Å²) in [4.78, 5) is 10.5. The molecule has 0 radical (unpaired) electrons. The quantitative estimate of drug-likeness (QED) is 0.772. The van der Waals surface area contributed by atoms with E-state index in [2.05, 4.69) is 32.9 Å². The van der Waals surface area contributed by atoms with E-state index in [1.165, 1.54) is 11.6 Å². The van der Waals surface area contributed by atoms with Gasteiger partial charge in [-0.15, -0.1) is 0 Å². The number of hydrogen-bond acceptors (Lipinski definition) is 1. The molecule has 0 saturated carbocycles. The van der Waals surface area contributed by atoms with Gasteiger partial charge >= 0.3 is 5.97 Å². The molecule has 0 aliphatic rings. The predicted octanol–water partition coefficient (Wildman–Crippen LogP) is 3.39. The van der Waals surface area contributed by atoms with Crippen molar-refractivity contribution in [3.8, 4) is 0 Å². The Morgan fingerprint density at radius 2 is 1.94 bits per heavy atom. The molecule has 0 spiro atoms. The number of hydrogen-bond donors (Lipinski definition) is 1. The van der Waals surface area contributed by atoms with Crippen LogP contribution in [-0.4, -0.2) is 11.1 Å². The molecule has 0 aromatic heterocycles. The summed E-state index contributed by atoms with van der Waals surface area (Å²) in [6.45, 7) is 8.40. The van der Waals surface area contributed by atoms with Crippen molar-refractivity contribution in [3.05, 3.63) is 41.0 Å². The summed E-state index contributed by atoms with van der Waals surface area (Å²) in [6.07, 6.45) is 2.82. The fraction of sp³-hybridized carbons (Fsp3) is 0.357. The number of carbonyl (C=O) groups is 1. The van der Waals surface area contributed by atoms with E-state index in [1.54, 1.807) is 6.08 Å². The van der Waals surface area contributed by atoms with Gasteiger partial charge in [0.1, 0.15) is 0 Å². The molecule has 1 aromatic carbocycles. The highest BCUT2D eigenvalue weighted by Gasteiger charge is 2.13. The van der Waals surface area contributed by atoms with Gasteiger partial charge in [-0.05, 0) is 35.1 Å². The summed E-state index contributed by atoms with van der Waals surface area (Å²) < 4.78 is 0. The third-order valence-electron chi connectivity index (χ3n) is 2.55. The minimum absolute atomic E-state index is 0.0829. The number of carboxylic acid groups (broad SMARTS) is 1. The van der Waals surface area contributed by atoms with Crippen LogP contribution in [0.4, 0.5) is 0 Å². The Morgan fingerprint density at radius 1 is 1.31 bits per heavy atom. The van der Waals surface area contributed by atoms with Gasteiger partial charge in [0.05, 0.1) is 0 Å². The maximum absolute atomic E-state index is 10.5. The van der Waals surface area contributed by atoms with Gasteiger partial charge in [-0.25, -0.2) is 4.79 Å². The van der Waals surface area contributed by atoms with Gasteiger partial charge in [-0.1, -0.05) is 39.0 Å². The van der Waals surface area contributed by atoms with Gasteiger partial charge in [-0.3, -0.25) is 0 Å². The Balaban J connectivity index is 3.14. The van der Waals surface area contributed by atoms with Crippen LogP contribution in [0.3, 0.4) is 0 Å². The summed E-state index contributed by atoms with van der Waals surface area (Å²) in [5.74, 6) is -0.916. The molecule has 2 nitrogen and oxygen atoms in total. The van der Waals surface area contributed by atoms with E-state index >= 15 is 0 Å². The van der Waals surface area contributed by atoms with Gasteiger partial charge in [0.15, 0.2) is 0 Å². The summed E-state index contributed by atoms with van der Waals surface area (Å²) >= 11 is 0. The molecule has 0 atom stereocenters. The van der Waals surface area contributed by atoms with E-state index in [9.17, 15) is 4.79 Å². The van der Waals surface area contributed by atoms with E-state index in [0.29, 0.717) is 0 Å². The zero-order chi connectivity index (χ0) is 12.3. The zero-order valence-corrected chi connectivity index (χ0v) is 10.2. The highest BCUT2D eigenvalue weighted by molar-refractivity contribution is 5.85. The molecule has 1 aromatic rings. The lowest BCUT2D eigenvalue weighted by molar-refractivity contribution is -0.131. The van der Waals surface area contributed by atoms with Gasteiger partial charge in [0.2, 0.25) is 0 Å². The third kappa shape index (κ3) is 3.23. The molecule has 1 rings (SSSR count). The third-order valence-corrected chi connectivity index (χ3v) is 2.55. The molecular formula is C14H18O2. The van der Waals surface area contributed by atoms with Crippen LogP contribution in [0.2, 0.25) is 0 Å². The minimum Gasteiger partial charge on any atom is -0.478 e. The van der Waals surface area contributed by atoms with Crippen LogP contribution in [0.5, 0.6) is 0 Å². The Bertz CT molecular complexity index is 423. The molecule has 0 saturated heterocycles. The van der Waals surface area contributed by atoms with Crippen molar-refractivity contribution in [2.75, 3.05) is 0 Å². The molecule has 0 unspecified atom stereocenters.